The molecule has 1 aliphatic heterocycles. The normalized spacial score (nSPS) is 19.7. The summed E-state index contributed by atoms with van der Waals surface area (Å²) < 4.78 is 46.6. The molecule has 2 fully saturated rings. The molecule has 1 saturated carbocycles. The van der Waals surface area contributed by atoms with E-state index in [-0.39, 0.29) is 46.6 Å². The number of amides is 2. The minimum absolute atomic E-state index is 0.0403. The third kappa shape index (κ3) is 5.04. The van der Waals surface area contributed by atoms with E-state index >= 15 is 0 Å². The van der Waals surface area contributed by atoms with Crippen molar-refractivity contribution in [3.05, 3.63) is 41.3 Å². The lowest BCUT2D eigenvalue weighted by Gasteiger charge is -2.17. The van der Waals surface area contributed by atoms with Crippen LogP contribution in [-0.2, 0) is 11.0 Å². The van der Waals surface area contributed by atoms with Gasteiger partial charge in [0.1, 0.15) is 29.9 Å². The molecule has 2 aliphatic rings. The molecule has 0 radical (unpaired) electrons. The highest BCUT2D eigenvalue weighted by atomic mass is 19.4. The summed E-state index contributed by atoms with van der Waals surface area (Å²) in [5, 5.41) is 12.1. The van der Waals surface area contributed by atoms with Crippen LogP contribution in [0.5, 0.6) is 5.75 Å². The SMILES string of the molecule is Cc1[nH]c2c(-c3cc(C(F)(F)F)ccc3OCC3CC3)ncnc2c1C(=O)NC1CN(C(=O)CO)CC1C. The molecule has 202 valence electrons. The van der Waals surface area contributed by atoms with Crippen molar-refractivity contribution in [1.29, 1.82) is 0 Å². The van der Waals surface area contributed by atoms with Gasteiger partial charge in [-0.1, -0.05) is 6.92 Å². The minimum Gasteiger partial charge on any atom is -0.493 e. The highest BCUT2D eigenvalue weighted by Gasteiger charge is 2.35. The van der Waals surface area contributed by atoms with Crippen LogP contribution in [0.1, 0.15) is 41.4 Å². The molecule has 9 nitrogen and oxygen atoms in total. The molecule has 2 unspecified atom stereocenters. The van der Waals surface area contributed by atoms with E-state index in [4.69, 9.17) is 9.84 Å². The van der Waals surface area contributed by atoms with Crippen molar-refractivity contribution in [2.24, 2.45) is 11.8 Å². The quantitative estimate of drug-likeness (QED) is 0.430. The van der Waals surface area contributed by atoms with Gasteiger partial charge < -0.3 is 25.0 Å². The predicted molar refractivity (Wildman–Crippen MR) is 131 cm³/mol. The number of aromatic nitrogens is 3. The number of halogens is 3. The molecule has 3 aromatic rings. The molecular weight excluding hydrogens is 503 g/mol. The number of carbonyl (C=O) groups is 2. The fourth-order valence-electron chi connectivity index (χ4n) is 4.81. The fourth-order valence-corrected chi connectivity index (χ4v) is 4.81. The van der Waals surface area contributed by atoms with E-state index in [9.17, 15) is 22.8 Å². The number of H-pyrrole nitrogens is 1. The van der Waals surface area contributed by atoms with Crippen molar-refractivity contribution in [3.63, 3.8) is 0 Å². The Morgan fingerprint density at radius 3 is 2.68 bits per heavy atom. The Hall–Kier alpha value is -3.67. The van der Waals surface area contributed by atoms with Gasteiger partial charge in [-0.3, -0.25) is 9.59 Å². The Labute approximate surface area is 216 Å². The van der Waals surface area contributed by atoms with Gasteiger partial charge in [0.15, 0.2) is 0 Å². The third-order valence-electron chi connectivity index (χ3n) is 7.15. The van der Waals surface area contributed by atoms with Gasteiger partial charge in [0.05, 0.1) is 29.3 Å². The monoisotopic (exact) mass is 531 g/mol. The number of nitrogens with one attached hydrogen (secondary N) is 2. The predicted octanol–water partition coefficient (Wildman–Crippen LogP) is 3.31. The van der Waals surface area contributed by atoms with Crippen molar-refractivity contribution < 1.29 is 32.6 Å². The first-order chi connectivity index (χ1) is 18.1. The van der Waals surface area contributed by atoms with Gasteiger partial charge >= 0.3 is 6.18 Å². The number of fused-ring (bicyclic) bond motifs is 1. The second-order valence-electron chi connectivity index (χ2n) is 10.0. The van der Waals surface area contributed by atoms with Gasteiger partial charge in [-0.15, -0.1) is 0 Å². The highest BCUT2D eigenvalue weighted by molar-refractivity contribution is 6.09. The molecule has 3 heterocycles. The first kappa shape index (κ1) is 26.0. The standard InChI is InChI=1S/C26H28F3N5O4/c1-13-8-34(20(36)10-35)9-18(13)33-25(37)21-14(2)32-24-22(30-12-31-23(21)24)17-7-16(26(27,28)29)5-6-19(17)38-11-15-3-4-15/h5-7,12-13,15,18,32,35H,3-4,8-11H2,1-2H3,(H,33,37). The number of ether oxygens (including phenoxy) is 1. The highest BCUT2D eigenvalue weighted by Crippen LogP contribution is 2.40. The number of aliphatic hydroxyl groups excluding tert-OH is 1. The topological polar surface area (TPSA) is 120 Å². The van der Waals surface area contributed by atoms with Crippen LogP contribution < -0.4 is 10.1 Å². The summed E-state index contributed by atoms with van der Waals surface area (Å²) >= 11 is 0. The van der Waals surface area contributed by atoms with Crippen molar-refractivity contribution >= 4 is 22.8 Å². The maximum atomic E-state index is 13.6. The number of aryl methyl sites for hydroxylation is 1. The molecule has 1 aromatic carbocycles. The van der Waals surface area contributed by atoms with Gasteiger partial charge in [-0.2, -0.15) is 13.2 Å². The first-order valence-electron chi connectivity index (χ1n) is 12.4. The number of rotatable bonds is 7. The number of likely N-dealkylation sites (tertiary alicyclic amines) is 1. The van der Waals surface area contributed by atoms with Crippen molar-refractivity contribution in [2.45, 2.75) is 38.9 Å². The van der Waals surface area contributed by atoms with Crippen LogP contribution in [0.3, 0.4) is 0 Å². The van der Waals surface area contributed by atoms with E-state index in [2.05, 4.69) is 20.3 Å². The second kappa shape index (κ2) is 9.90. The van der Waals surface area contributed by atoms with Gasteiger partial charge in [0.25, 0.3) is 5.91 Å². The van der Waals surface area contributed by atoms with Gasteiger partial charge in [-0.05, 0) is 49.8 Å². The summed E-state index contributed by atoms with van der Waals surface area (Å²) in [6.45, 7) is 4.05. The van der Waals surface area contributed by atoms with Crippen LogP contribution in [0.4, 0.5) is 13.2 Å². The van der Waals surface area contributed by atoms with Crippen LogP contribution in [-0.4, -0.2) is 69.1 Å². The zero-order valence-corrected chi connectivity index (χ0v) is 20.9. The minimum atomic E-state index is -4.56. The number of hydrogen-bond acceptors (Lipinski definition) is 6. The fraction of sp³-hybridized carbons (Fsp3) is 0.462. The third-order valence-corrected chi connectivity index (χ3v) is 7.15. The number of carbonyl (C=O) groups excluding carboxylic acids is 2. The molecule has 1 aliphatic carbocycles. The van der Waals surface area contributed by atoms with Crippen LogP contribution in [0.15, 0.2) is 24.5 Å². The summed E-state index contributed by atoms with van der Waals surface area (Å²) in [7, 11) is 0. The molecule has 5 rings (SSSR count). The molecule has 38 heavy (non-hydrogen) atoms. The Kier molecular flexibility index (Phi) is 6.76. The van der Waals surface area contributed by atoms with E-state index in [1.54, 1.807) is 6.92 Å². The van der Waals surface area contributed by atoms with Gasteiger partial charge in [-0.25, -0.2) is 9.97 Å². The molecule has 12 heteroatoms. The number of aromatic amines is 1. The smallest absolute Gasteiger partial charge is 0.416 e. The summed E-state index contributed by atoms with van der Waals surface area (Å²) in [6, 6.07) is 2.96. The van der Waals surface area contributed by atoms with Crippen LogP contribution in [0.2, 0.25) is 0 Å². The van der Waals surface area contributed by atoms with Crippen LogP contribution in [0, 0.1) is 18.8 Å². The Balaban J connectivity index is 1.50. The lowest BCUT2D eigenvalue weighted by atomic mass is 10.0. The number of alkyl halides is 3. The molecule has 2 atom stereocenters. The molecular formula is C26H28F3N5O4. The summed E-state index contributed by atoms with van der Waals surface area (Å²) in [6.07, 6.45) is -1.30. The molecule has 3 N–H and O–H groups in total. The summed E-state index contributed by atoms with van der Waals surface area (Å²) in [5.41, 5.74) is 0.825. The summed E-state index contributed by atoms with van der Waals surface area (Å²) in [5.74, 6) is -0.212. The largest absolute Gasteiger partial charge is 0.493 e. The van der Waals surface area contributed by atoms with E-state index in [0.29, 0.717) is 30.3 Å². The Bertz CT molecular complexity index is 1390. The van der Waals surface area contributed by atoms with Gasteiger partial charge in [0, 0.05) is 24.3 Å². The molecule has 1 saturated heterocycles. The van der Waals surface area contributed by atoms with E-state index in [1.807, 2.05) is 6.92 Å². The Morgan fingerprint density at radius 2 is 2.00 bits per heavy atom. The Morgan fingerprint density at radius 1 is 1.24 bits per heavy atom. The lowest BCUT2D eigenvalue weighted by Crippen LogP contribution is -2.41. The van der Waals surface area contributed by atoms with Gasteiger partial charge in [0.2, 0.25) is 5.91 Å². The zero-order valence-electron chi connectivity index (χ0n) is 20.9. The lowest BCUT2D eigenvalue weighted by molar-refractivity contribution is -0.137. The van der Waals surface area contributed by atoms with Crippen molar-refractivity contribution in [3.8, 4) is 17.0 Å². The maximum absolute atomic E-state index is 13.6. The van der Waals surface area contributed by atoms with E-state index < -0.39 is 30.2 Å². The first-order valence-corrected chi connectivity index (χ1v) is 12.4. The van der Waals surface area contributed by atoms with Crippen LogP contribution in [0.25, 0.3) is 22.3 Å². The average molecular weight is 532 g/mol. The van der Waals surface area contributed by atoms with Crippen LogP contribution >= 0.6 is 0 Å². The van der Waals surface area contributed by atoms with Crippen molar-refractivity contribution in [1.82, 2.24) is 25.2 Å². The number of nitrogens with zero attached hydrogens (tertiary/aromatic N) is 3. The molecule has 0 bridgehead atoms. The number of aliphatic hydroxyl groups is 1. The zero-order chi connectivity index (χ0) is 27.2. The van der Waals surface area contributed by atoms with Crippen molar-refractivity contribution in [2.75, 3.05) is 26.3 Å². The second-order valence-corrected chi connectivity index (χ2v) is 10.0. The number of hydrogen-bond donors (Lipinski definition) is 3. The number of benzene rings is 1. The maximum Gasteiger partial charge on any atom is 0.416 e. The molecule has 0 spiro atoms. The van der Waals surface area contributed by atoms with E-state index in [1.165, 1.54) is 17.3 Å². The summed E-state index contributed by atoms with van der Waals surface area (Å²) in [4.78, 5) is 38.4. The molecule has 2 aromatic heterocycles. The average Bonchev–Trinajstić information content (AvgIpc) is 3.55. The molecule has 2 amide bonds. The van der Waals surface area contributed by atoms with E-state index in [0.717, 1.165) is 25.0 Å².